The fourth-order valence-corrected chi connectivity index (χ4v) is 5.54. The number of sulfonamides is 1. The topological polar surface area (TPSA) is 102 Å². The van der Waals surface area contributed by atoms with Gasteiger partial charge in [0.25, 0.3) is 0 Å². The summed E-state index contributed by atoms with van der Waals surface area (Å²) in [5.74, 6) is 0.311. The van der Waals surface area contributed by atoms with E-state index in [2.05, 4.69) is 16.7 Å². The number of hydrogen-bond acceptors (Lipinski definition) is 5. The Morgan fingerprint density at radius 3 is 2.25 bits per heavy atom. The van der Waals surface area contributed by atoms with Gasteiger partial charge in [-0.15, -0.1) is 0 Å². The number of rotatable bonds is 7. The summed E-state index contributed by atoms with van der Waals surface area (Å²) in [5, 5.41) is 15.8. The van der Waals surface area contributed by atoms with E-state index in [9.17, 15) is 18.5 Å². The zero-order valence-electron chi connectivity index (χ0n) is 18.3. The average Bonchev–Trinajstić information content (AvgIpc) is 3.43. The first-order chi connectivity index (χ1) is 15.3. The molecule has 0 spiro atoms. The lowest BCUT2D eigenvalue weighted by atomic mass is 9.98. The van der Waals surface area contributed by atoms with Crippen molar-refractivity contribution in [3.05, 3.63) is 54.1 Å². The van der Waals surface area contributed by atoms with Crippen LogP contribution in [0.5, 0.6) is 0 Å². The quantitative estimate of drug-likeness (QED) is 0.671. The Bertz CT molecular complexity index is 1120. The van der Waals surface area contributed by atoms with E-state index in [-0.39, 0.29) is 16.8 Å². The molecule has 7 nitrogen and oxygen atoms in total. The molecule has 1 saturated carbocycles. The van der Waals surface area contributed by atoms with E-state index in [1.54, 1.807) is 24.3 Å². The molecule has 0 radical (unpaired) electrons. The first kappa shape index (κ1) is 22.5. The molecule has 1 aliphatic heterocycles. The highest BCUT2D eigenvalue weighted by molar-refractivity contribution is 7.89. The Kier molecular flexibility index (Phi) is 6.33. The highest BCUT2D eigenvalue weighted by Gasteiger charge is 2.43. The second-order valence-electron chi connectivity index (χ2n) is 8.82. The third-order valence-corrected chi connectivity index (χ3v) is 8.30. The third kappa shape index (κ3) is 4.56. The number of nitrogens with zero attached hydrogens (tertiary/aromatic N) is 2. The lowest BCUT2D eigenvalue weighted by Crippen LogP contribution is -2.50. The number of piperidine rings is 1. The van der Waals surface area contributed by atoms with Crippen molar-refractivity contribution in [2.45, 2.75) is 48.7 Å². The third-order valence-electron chi connectivity index (χ3n) is 6.47. The normalized spacial score (nSPS) is 23.1. The van der Waals surface area contributed by atoms with Crippen LogP contribution in [0.2, 0.25) is 0 Å². The summed E-state index contributed by atoms with van der Waals surface area (Å²) in [6.45, 7) is 0. The summed E-state index contributed by atoms with van der Waals surface area (Å²) in [4.78, 5) is 12.9. The van der Waals surface area contributed by atoms with Crippen LogP contribution >= 0.6 is 0 Å². The molecule has 2 fully saturated rings. The maximum Gasteiger partial charge on any atom is 0.242 e. The van der Waals surface area contributed by atoms with Gasteiger partial charge in [0, 0.05) is 26.6 Å². The lowest BCUT2D eigenvalue weighted by molar-refractivity contribution is -0.124. The summed E-state index contributed by atoms with van der Waals surface area (Å²) in [6, 6.07) is 16.4. The van der Waals surface area contributed by atoms with Crippen molar-refractivity contribution in [3.8, 4) is 17.2 Å². The molecule has 4 rings (SSSR count). The maximum absolute atomic E-state index is 12.6. The zero-order chi connectivity index (χ0) is 22.9. The van der Waals surface area contributed by atoms with E-state index in [0.29, 0.717) is 18.4 Å². The van der Waals surface area contributed by atoms with Crippen molar-refractivity contribution < 1.29 is 13.2 Å². The molecular formula is C24H28N4O3S. The number of nitriles is 1. The van der Waals surface area contributed by atoms with Crippen LogP contribution in [0, 0.1) is 17.2 Å². The molecule has 32 heavy (non-hydrogen) atoms. The van der Waals surface area contributed by atoms with Crippen LogP contribution in [0.15, 0.2) is 53.4 Å². The molecule has 1 aliphatic carbocycles. The summed E-state index contributed by atoms with van der Waals surface area (Å²) in [7, 11) is -0.440. The molecular weight excluding hydrogens is 424 g/mol. The number of nitrogens with one attached hydrogen (secondary N) is 2. The Hall–Kier alpha value is -2.73. The lowest BCUT2D eigenvalue weighted by Gasteiger charge is -2.23. The molecule has 1 heterocycles. The van der Waals surface area contributed by atoms with Crippen LogP contribution in [0.1, 0.15) is 24.8 Å². The van der Waals surface area contributed by atoms with Crippen LogP contribution in [-0.2, 0) is 21.2 Å². The molecule has 2 N–H and O–H groups in total. The van der Waals surface area contributed by atoms with Crippen LogP contribution in [0.3, 0.4) is 0 Å². The number of carbonyl (C=O) groups is 1. The first-order valence-corrected chi connectivity index (χ1v) is 12.3. The largest absolute Gasteiger partial charge is 0.339 e. The molecule has 0 unspecified atom stereocenters. The van der Waals surface area contributed by atoms with Crippen molar-refractivity contribution >= 4 is 15.9 Å². The number of amides is 1. The highest BCUT2D eigenvalue weighted by atomic mass is 32.2. The second kappa shape index (κ2) is 9.02. The smallest absolute Gasteiger partial charge is 0.242 e. The molecule has 1 saturated heterocycles. The van der Waals surface area contributed by atoms with Gasteiger partial charge in [0.05, 0.1) is 17.0 Å². The van der Waals surface area contributed by atoms with Crippen molar-refractivity contribution in [2.75, 3.05) is 14.1 Å². The molecule has 2 aromatic rings. The number of carbonyl (C=O) groups excluding carboxylic acids is 1. The van der Waals surface area contributed by atoms with E-state index < -0.39 is 16.1 Å². The predicted molar refractivity (Wildman–Crippen MR) is 122 cm³/mol. The molecule has 2 aromatic carbocycles. The van der Waals surface area contributed by atoms with Crippen molar-refractivity contribution in [2.24, 2.45) is 5.92 Å². The van der Waals surface area contributed by atoms with Crippen LogP contribution < -0.4 is 10.6 Å². The summed E-state index contributed by atoms with van der Waals surface area (Å²) in [5.41, 5.74) is 2.81. The van der Waals surface area contributed by atoms with Crippen molar-refractivity contribution in [3.63, 3.8) is 0 Å². The number of fused-ring (bicyclic) bond motifs is 2. The Morgan fingerprint density at radius 2 is 1.75 bits per heavy atom. The fraction of sp³-hybridized carbons (Fsp3) is 0.417. The maximum atomic E-state index is 12.6. The van der Waals surface area contributed by atoms with Crippen LogP contribution in [-0.4, -0.2) is 50.9 Å². The summed E-state index contributed by atoms with van der Waals surface area (Å²) < 4.78 is 25.6. The van der Waals surface area contributed by atoms with Gasteiger partial charge in [0.1, 0.15) is 6.04 Å². The van der Waals surface area contributed by atoms with Gasteiger partial charge < -0.3 is 10.6 Å². The van der Waals surface area contributed by atoms with E-state index in [0.717, 1.165) is 36.0 Å². The highest BCUT2D eigenvalue weighted by Crippen LogP contribution is 2.35. The van der Waals surface area contributed by atoms with E-state index in [1.807, 2.05) is 24.3 Å². The molecule has 1 amide bonds. The summed E-state index contributed by atoms with van der Waals surface area (Å²) in [6.07, 6.45) is 3.70. The average molecular weight is 453 g/mol. The van der Waals surface area contributed by atoms with Gasteiger partial charge in [-0.1, -0.05) is 36.4 Å². The van der Waals surface area contributed by atoms with E-state index in [4.69, 9.17) is 0 Å². The van der Waals surface area contributed by atoms with Crippen molar-refractivity contribution in [1.82, 2.24) is 14.9 Å². The second-order valence-corrected chi connectivity index (χ2v) is 11.0. The number of hydrogen-bond donors (Lipinski definition) is 2. The Balaban J connectivity index is 1.39. The van der Waals surface area contributed by atoms with Crippen LogP contribution in [0.4, 0.5) is 0 Å². The fourth-order valence-electron chi connectivity index (χ4n) is 4.64. The molecule has 8 heteroatoms. The van der Waals surface area contributed by atoms with Crippen molar-refractivity contribution in [1.29, 1.82) is 5.26 Å². The Morgan fingerprint density at radius 1 is 1.12 bits per heavy atom. The molecule has 4 atom stereocenters. The summed E-state index contributed by atoms with van der Waals surface area (Å²) >= 11 is 0. The standard InChI is InChI=1S/C24H28N4O3S/c1-28(2)32(30,31)22-11-8-18(9-12-22)17-5-3-16(4-6-17)13-21(15-25)27-24(29)23-19-7-10-20(14-19)26-23/h3-6,8-9,11-12,19-21,23,26H,7,10,13-14H2,1-2H3,(H,27,29)/t19-,20+,21-,23-/m0/s1. The van der Waals surface area contributed by atoms with Gasteiger partial charge >= 0.3 is 0 Å². The SMILES string of the molecule is CN(C)S(=O)(=O)c1ccc(-c2ccc(C[C@@H](C#N)NC(=O)[C@H]3N[C@@H]4CC[C@H]3C4)cc2)cc1. The van der Waals surface area contributed by atoms with E-state index in [1.165, 1.54) is 18.4 Å². The Labute approximate surface area is 189 Å². The molecule has 0 aromatic heterocycles. The van der Waals surface area contributed by atoms with Gasteiger partial charge in [-0.3, -0.25) is 4.79 Å². The molecule has 2 aliphatic rings. The minimum atomic E-state index is -3.45. The van der Waals surface area contributed by atoms with Gasteiger partial charge in [-0.05, 0) is 54.0 Å². The zero-order valence-corrected chi connectivity index (χ0v) is 19.1. The van der Waals surface area contributed by atoms with Gasteiger partial charge in [0.15, 0.2) is 0 Å². The minimum Gasteiger partial charge on any atom is -0.339 e. The van der Waals surface area contributed by atoms with Gasteiger partial charge in [-0.25, -0.2) is 12.7 Å². The number of benzene rings is 2. The molecule has 168 valence electrons. The molecule has 2 bridgehead atoms. The monoisotopic (exact) mass is 452 g/mol. The predicted octanol–water partition coefficient (Wildman–Crippen LogP) is 2.30. The van der Waals surface area contributed by atoms with Gasteiger partial charge in [0.2, 0.25) is 15.9 Å². The van der Waals surface area contributed by atoms with E-state index >= 15 is 0 Å². The van der Waals surface area contributed by atoms with Crippen LogP contribution in [0.25, 0.3) is 11.1 Å². The van der Waals surface area contributed by atoms with Gasteiger partial charge in [-0.2, -0.15) is 5.26 Å². The minimum absolute atomic E-state index is 0.0758. The first-order valence-electron chi connectivity index (χ1n) is 10.9.